The number of fused-ring (bicyclic) bond motifs is 1. The number of aromatic nitrogens is 5. The number of benzene rings is 2. The zero-order chi connectivity index (χ0) is 21.4. The van der Waals surface area contributed by atoms with E-state index < -0.39 is 6.04 Å². The molecule has 31 heavy (non-hydrogen) atoms. The van der Waals surface area contributed by atoms with E-state index in [1.807, 2.05) is 66.3 Å². The molecule has 0 unspecified atom stereocenters. The fraction of sp³-hybridized carbons (Fsp3) is 0.217. The Hall–Kier alpha value is -3.94. The molecule has 3 heterocycles. The predicted molar refractivity (Wildman–Crippen MR) is 116 cm³/mol. The zero-order valence-corrected chi connectivity index (χ0v) is 17.3. The number of rotatable bonds is 4. The normalized spacial score (nSPS) is 15.8. The van der Waals surface area contributed by atoms with E-state index in [2.05, 4.69) is 20.6 Å². The first kappa shape index (κ1) is 19.0. The van der Waals surface area contributed by atoms with Crippen LogP contribution in [0.3, 0.4) is 0 Å². The summed E-state index contributed by atoms with van der Waals surface area (Å²) in [4.78, 5) is 17.1. The molecule has 8 heteroatoms. The minimum absolute atomic E-state index is 0.0789. The quantitative estimate of drug-likeness (QED) is 0.552. The first-order valence-electron chi connectivity index (χ1n) is 10.1. The van der Waals surface area contributed by atoms with Crippen molar-refractivity contribution in [2.75, 3.05) is 12.4 Å². The molecule has 1 aliphatic heterocycles. The summed E-state index contributed by atoms with van der Waals surface area (Å²) in [6.45, 7) is 1.94. The zero-order valence-electron chi connectivity index (χ0n) is 17.3. The second kappa shape index (κ2) is 7.71. The monoisotopic (exact) mass is 414 g/mol. The van der Waals surface area contributed by atoms with Crippen molar-refractivity contribution in [3.63, 3.8) is 0 Å². The van der Waals surface area contributed by atoms with Crippen molar-refractivity contribution in [2.45, 2.75) is 25.8 Å². The Labute approximate surface area is 179 Å². The maximum absolute atomic E-state index is 12.8. The van der Waals surface area contributed by atoms with Crippen LogP contribution < -0.4 is 10.1 Å². The third kappa shape index (κ3) is 3.56. The highest BCUT2D eigenvalue weighted by Crippen LogP contribution is 2.31. The third-order valence-electron chi connectivity index (χ3n) is 5.56. The molecule has 8 nitrogen and oxygen atoms in total. The lowest BCUT2D eigenvalue weighted by Gasteiger charge is -2.12. The lowest BCUT2D eigenvalue weighted by molar-refractivity contribution is -0.119. The molecule has 0 spiro atoms. The van der Waals surface area contributed by atoms with Crippen LogP contribution in [0, 0.1) is 6.92 Å². The van der Waals surface area contributed by atoms with E-state index in [9.17, 15) is 4.79 Å². The number of hydrogen-bond acceptors (Lipinski definition) is 5. The van der Waals surface area contributed by atoms with Crippen molar-refractivity contribution in [1.82, 2.24) is 24.5 Å². The molecular weight excluding hydrogens is 392 g/mol. The number of carbonyl (C=O) groups excluding carboxylic acids is 1. The Balaban J connectivity index is 1.42. The van der Waals surface area contributed by atoms with Crippen LogP contribution in [0.15, 0.2) is 61.2 Å². The van der Waals surface area contributed by atoms with Gasteiger partial charge in [-0.05, 0) is 43.5 Å². The second-order valence-corrected chi connectivity index (χ2v) is 7.59. The van der Waals surface area contributed by atoms with Gasteiger partial charge in [-0.2, -0.15) is 0 Å². The van der Waals surface area contributed by atoms with Gasteiger partial charge in [0.25, 0.3) is 0 Å². The number of hydrogen-bond donors (Lipinski definition) is 1. The number of nitrogens with zero attached hydrogens (tertiary/aromatic N) is 5. The summed E-state index contributed by atoms with van der Waals surface area (Å²) >= 11 is 0. The number of methoxy groups -OCH3 is 1. The molecule has 1 atom stereocenters. The van der Waals surface area contributed by atoms with E-state index in [1.165, 1.54) is 0 Å². The number of carbonyl (C=O) groups is 1. The summed E-state index contributed by atoms with van der Waals surface area (Å²) in [6, 6.07) is 13.3. The number of imidazole rings is 1. The number of anilines is 1. The van der Waals surface area contributed by atoms with E-state index in [1.54, 1.807) is 18.1 Å². The summed E-state index contributed by atoms with van der Waals surface area (Å²) in [7, 11) is 1.64. The van der Waals surface area contributed by atoms with Crippen LogP contribution in [-0.4, -0.2) is 37.6 Å². The Kier molecular flexibility index (Phi) is 4.74. The molecule has 0 radical (unpaired) electrons. The maximum atomic E-state index is 12.8. The van der Waals surface area contributed by atoms with Gasteiger partial charge in [-0.25, -0.2) is 9.67 Å². The fourth-order valence-corrected chi connectivity index (χ4v) is 3.92. The molecule has 0 bridgehead atoms. The van der Waals surface area contributed by atoms with Crippen LogP contribution in [-0.2, 0) is 11.2 Å². The molecule has 4 aromatic rings. The standard InChI is InChI=1S/C23H22N6O2/c1-15-12-28(14-24-15)20-9-8-17(11-22(20)31-2)19-13-29(27-26-19)21-10-7-16-5-3-4-6-18(16)25-23(21)30/h3-6,8-9,11-14,21H,7,10H2,1-2H3,(H,25,30)/t21-/m0/s1. The highest BCUT2D eigenvalue weighted by Gasteiger charge is 2.26. The van der Waals surface area contributed by atoms with Crippen molar-refractivity contribution in [2.24, 2.45) is 0 Å². The van der Waals surface area contributed by atoms with Crippen LogP contribution in [0.2, 0.25) is 0 Å². The van der Waals surface area contributed by atoms with Gasteiger partial charge in [-0.15, -0.1) is 5.10 Å². The van der Waals surface area contributed by atoms with E-state index in [4.69, 9.17) is 4.74 Å². The van der Waals surface area contributed by atoms with E-state index in [0.29, 0.717) is 17.9 Å². The third-order valence-corrected chi connectivity index (χ3v) is 5.56. The van der Waals surface area contributed by atoms with Crippen LogP contribution in [0.5, 0.6) is 5.75 Å². The molecule has 0 aliphatic carbocycles. The summed E-state index contributed by atoms with van der Waals surface area (Å²) in [5.74, 6) is 0.622. The number of para-hydroxylation sites is 1. The van der Waals surface area contributed by atoms with E-state index in [0.717, 1.165) is 34.6 Å². The Morgan fingerprint density at radius 1 is 1.16 bits per heavy atom. The van der Waals surface area contributed by atoms with Crippen LogP contribution in [0.4, 0.5) is 5.69 Å². The van der Waals surface area contributed by atoms with Crippen LogP contribution >= 0.6 is 0 Å². The van der Waals surface area contributed by atoms with Crippen molar-refractivity contribution in [1.29, 1.82) is 0 Å². The number of ether oxygens (including phenoxy) is 1. The number of amides is 1. The average Bonchev–Trinajstić information content (AvgIpc) is 3.40. The molecule has 2 aromatic heterocycles. The fourth-order valence-electron chi connectivity index (χ4n) is 3.92. The SMILES string of the molecule is COc1cc(-c2cn([C@H]3CCc4ccccc4NC3=O)nn2)ccc1-n1cnc(C)c1. The van der Waals surface area contributed by atoms with Crippen molar-refractivity contribution in [3.05, 3.63) is 72.4 Å². The van der Waals surface area contributed by atoms with E-state index in [-0.39, 0.29) is 5.91 Å². The van der Waals surface area contributed by atoms with Gasteiger partial charge < -0.3 is 14.6 Å². The van der Waals surface area contributed by atoms with E-state index >= 15 is 0 Å². The molecule has 0 saturated heterocycles. The highest BCUT2D eigenvalue weighted by atomic mass is 16.5. The maximum Gasteiger partial charge on any atom is 0.249 e. The van der Waals surface area contributed by atoms with Crippen LogP contribution in [0.25, 0.3) is 16.9 Å². The van der Waals surface area contributed by atoms with Gasteiger partial charge >= 0.3 is 0 Å². The Morgan fingerprint density at radius 3 is 2.84 bits per heavy atom. The molecular formula is C23H22N6O2. The number of aryl methyl sites for hydroxylation is 2. The molecule has 1 N–H and O–H groups in total. The topological polar surface area (TPSA) is 86.9 Å². The van der Waals surface area contributed by atoms with Gasteiger partial charge in [-0.3, -0.25) is 4.79 Å². The summed E-state index contributed by atoms with van der Waals surface area (Å²) in [5.41, 5.74) is 5.36. The molecule has 0 fully saturated rings. The van der Waals surface area contributed by atoms with Gasteiger partial charge in [0.1, 0.15) is 17.5 Å². The minimum atomic E-state index is -0.413. The van der Waals surface area contributed by atoms with Crippen molar-refractivity contribution in [3.8, 4) is 22.7 Å². The average molecular weight is 414 g/mol. The largest absolute Gasteiger partial charge is 0.495 e. The predicted octanol–water partition coefficient (Wildman–Crippen LogP) is 3.57. The lowest BCUT2D eigenvalue weighted by atomic mass is 10.1. The van der Waals surface area contributed by atoms with Gasteiger partial charge in [0.2, 0.25) is 5.91 Å². The van der Waals surface area contributed by atoms with Crippen LogP contribution in [0.1, 0.15) is 23.7 Å². The minimum Gasteiger partial charge on any atom is -0.495 e. The summed E-state index contributed by atoms with van der Waals surface area (Å²) < 4.78 is 9.16. The molecule has 2 aromatic carbocycles. The summed E-state index contributed by atoms with van der Waals surface area (Å²) in [5, 5.41) is 11.6. The van der Waals surface area contributed by atoms with Gasteiger partial charge in [-0.1, -0.05) is 29.5 Å². The molecule has 1 aliphatic rings. The molecule has 5 rings (SSSR count). The Bertz CT molecular complexity index is 1260. The molecule has 0 saturated carbocycles. The number of nitrogens with one attached hydrogen (secondary N) is 1. The smallest absolute Gasteiger partial charge is 0.249 e. The van der Waals surface area contributed by atoms with Gasteiger partial charge in [0.05, 0.1) is 31.0 Å². The highest BCUT2D eigenvalue weighted by molar-refractivity contribution is 5.95. The molecule has 1 amide bonds. The van der Waals surface area contributed by atoms with Gasteiger partial charge in [0, 0.05) is 17.4 Å². The summed E-state index contributed by atoms with van der Waals surface area (Å²) in [6.07, 6.45) is 6.97. The Morgan fingerprint density at radius 2 is 2.03 bits per heavy atom. The lowest BCUT2D eigenvalue weighted by Crippen LogP contribution is -2.25. The first-order chi connectivity index (χ1) is 15.1. The molecule has 156 valence electrons. The second-order valence-electron chi connectivity index (χ2n) is 7.59. The first-order valence-corrected chi connectivity index (χ1v) is 10.1. The van der Waals surface area contributed by atoms with Crippen molar-refractivity contribution >= 4 is 11.6 Å². The van der Waals surface area contributed by atoms with Gasteiger partial charge in [0.15, 0.2) is 0 Å². The van der Waals surface area contributed by atoms with Crippen molar-refractivity contribution < 1.29 is 9.53 Å².